The average Bonchev–Trinajstić information content (AvgIpc) is 2.73. The van der Waals surface area contributed by atoms with Crippen LogP contribution in [0.2, 0.25) is 5.02 Å². The van der Waals surface area contributed by atoms with E-state index in [0.717, 1.165) is 16.7 Å². The average molecular weight is 502 g/mol. The van der Waals surface area contributed by atoms with Gasteiger partial charge in [0.1, 0.15) is 6.61 Å². The van der Waals surface area contributed by atoms with E-state index in [1.165, 1.54) is 11.8 Å². The smallest absolute Gasteiger partial charge is 0.272 e. The molecule has 0 fully saturated rings. The zero-order chi connectivity index (χ0) is 22.4. The summed E-state index contributed by atoms with van der Waals surface area (Å²) in [6.07, 6.45) is 1.52. The van der Waals surface area contributed by atoms with E-state index in [9.17, 15) is 4.79 Å². The zero-order valence-corrected chi connectivity index (χ0v) is 19.8. The number of methoxy groups -OCH3 is 1. The first-order chi connectivity index (χ1) is 14.9. The number of ether oxygens (including phenoxy) is 2. The van der Waals surface area contributed by atoms with Gasteiger partial charge in [-0.25, -0.2) is 5.43 Å². The molecular formula is C24H22BrClN2O3. The van der Waals surface area contributed by atoms with Gasteiger partial charge in [-0.1, -0.05) is 47.5 Å². The Labute approximate surface area is 195 Å². The Hall–Kier alpha value is -2.83. The van der Waals surface area contributed by atoms with Crippen LogP contribution in [0.25, 0.3) is 0 Å². The molecule has 3 aromatic rings. The van der Waals surface area contributed by atoms with Gasteiger partial charge in [-0.2, -0.15) is 5.10 Å². The van der Waals surface area contributed by atoms with Crippen molar-refractivity contribution < 1.29 is 14.3 Å². The van der Waals surface area contributed by atoms with Crippen molar-refractivity contribution in [3.8, 4) is 11.5 Å². The van der Waals surface area contributed by atoms with E-state index in [-0.39, 0.29) is 5.91 Å². The zero-order valence-electron chi connectivity index (χ0n) is 17.4. The minimum atomic E-state index is -0.384. The number of rotatable bonds is 7. The SMILES string of the molecule is COc1cc(/C=N\NC(=O)c2ccc(C)cc2Cl)cc(Br)c1OCc1ccc(C)cc1. The molecule has 0 atom stereocenters. The van der Waals surface area contributed by atoms with Crippen LogP contribution in [-0.2, 0) is 6.61 Å². The van der Waals surface area contributed by atoms with E-state index in [0.29, 0.717) is 33.2 Å². The topological polar surface area (TPSA) is 59.9 Å². The molecule has 0 saturated heterocycles. The van der Waals surface area contributed by atoms with E-state index in [2.05, 4.69) is 26.5 Å². The van der Waals surface area contributed by atoms with Crippen molar-refractivity contribution in [2.24, 2.45) is 5.10 Å². The van der Waals surface area contributed by atoms with Gasteiger partial charge in [0, 0.05) is 0 Å². The van der Waals surface area contributed by atoms with Gasteiger partial charge in [-0.15, -0.1) is 0 Å². The molecule has 0 heterocycles. The molecule has 31 heavy (non-hydrogen) atoms. The number of halogens is 2. The first-order valence-electron chi connectivity index (χ1n) is 9.53. The summed E-state index contributed by atoms with van der Waals surface area (Å²) in [5.74, 6) is 0.761. The fourth-order valence-electron chi connectivity index (χ4n) is 2.82. The number of hydrogen-bond donors (Lipinski definition) is 1. The minimum Gasteiger partial charge on any atom is -0.493 e. The first-order valence-corrected chi connectivity index (χ1v) is 10.7. The summed E-state index contributed by atoms with van der Waals surface area (Å²) in [5.41, 5.74) is 6.81. The van der Waals surface area contributed by atoms with Crippen LogP contribution in [0.1, 0.15) is 32.6 Å². The van der Waals surface area contributed by atoms with Crippen molar-refractivity contribution >= 4 is 39.7 Å². The molecule has 1 amide bonds. The maximum absolute atomic E-state index is 12.3. The van der Waals surface area contributed by atoms with E-state index in [1.807, 2.05) is 50.2 Å². The molecular weight excluding hydrogens is 480 g/mol. The molecule has 160 valence electrons. The molecule has 5 nitrogen and oxygen atoms in total. The van der Waals surface area contributed by atoms with E-state index in [4.69, 9.17) is 21.1 Å². The van der Waals surface area contributed by atoms with Crippen molar-refractivity contribution in [2.45, 2.75) is 20.5 Å². The maximum Gasteiger partial charge on any atom is 0.272 e. The van der Waals surface area contributed by atoms with Gasteiger partial charge in [0.2, 0.25) is 0 Å². The number of carbonyl (C=O) groups is 1. The van der Waals surface area contributed by atoms with Gasteiger partial charge in [0.15, 0.2) is 11.5 Å². The van der Waals surface area contributed by atoms with E-state index in [1.54, 1.807) is 25.3 Å². The highest BCUT2D eigenvalue weighted by atomic mass is 79.9. The summed E-state index contributed by atoms with van der Waals surface area (Å²) in [6, 6.07) is 17.0. The van der Waals surface area contributed by atoms with Crippen LogP contribution >= 0.6 is 27.5 Å². The van der Waals surface area contributed by atoms with Crippen molar-refractivity contribution in [3.63, 3.8) is 0 Å². The number of nitrogens with one attached hydrogen (secondary N) is 1. The highest BCUT2D eigenvalue weighted by molar-refractivity contribution is 9.10. The third kappa shape index (κ3) is 6.09. The number of nitrogens with zero attached hydrogens (tertiary/aromatic N) is 1. The monoisotopic (exact) mass is 500 g/mol. The number of hydrogen-bond acceptors (Lipinski definition) is 4. The molecule has 1 N–H and O–H groups in total. The first kappa shape index (κ1) is 22.8. The normalized spacial score (nSPS) is 10.9. The number of benzene rings is 3. The van der Waals surface area contributed by atoms with E-state index < -0.39 is 0 Å². The molecule has 3 rings (SSSR count). The molecule has 0 bridgehead atoms. The molecule has 3 aromatic carbocycles. The van der Waals surface area contributed by atoms with Gasteiger partial charge in [-0.3, -0.25) is 4.79 Å². The molecule has 0 aliphatic rings. The molecule has 7 heteroatoms. The predicted octanol–water partition coefficient (Wildman–Crippen LogP) is 6.07. The van der Waals surface area contributed by atoms with Gasteiger partial charge in [0.25, 0.3) is 5.91 Å². The minimum absolute atomic E-state index is 0.364. The number of aryl methyl sites for hydroxylation is 2. The highest BCUT2D eigenvalue weighted by Crippen LogP contribution is 2.36. The van der Waals surface area contributed by atoms with Crippen LogP contribution in [-0.4, -0.2) is 19.2 Å². The Morgan fingerprint density at radius 2 is 1.81 bits per heavy atom. The Kier molecular flexibility index (Phi) is 7.71. The molecule has 0 unspecified atom stereocenters. The fraction of sp³-hybridized carbons (Fsp3) is 0.167. The summed E-state index contributed by atoms with van der Waals surface area (Å²) >= 11 is 9.66. The second kappa shape index (κ2) is 10.5. The van der Waals surface area contributed by atoms with Crippen LogP contribution < -0.4 is 14.9 Å². The summed E-state index contributed by atoms with van der Waals surface area (Å²) in [7, 11) is 1.57. The molecule has 0 saturated carbocycles. The number of amides is 1. The van der Waals surface area contributed by atoms with Crippen molar-refractivity contribution in [1.82, 2.24) is 5.43 Å². The Morgan fingerprint density at radius 3 is 2.48 bits per heavy atom. The van der Waals surface area contributed by atoms with Crippen LogP contribution in [0.3, 0.4) is 0 Å². The quantitative estimate of drug-likeness (QED) is 0.316. The predicted molar refractivity (Wildman–Crippen MR) is 127 cm³/mol. The lowest BCUT2D eigenvalue weighted by molar-refractivity contribution is 0.0955. The number of hydrazone groups is 1. The largest absolute Gasteiger partial charge is 0.493 e. The summed E-state index contributed by atoms with van der Waals surface area (Å²) in [5, 5.41) is 4.41. The number of carbonyl (C=O) groups excluding carboxylic acids is 1. The van der Waals surface area contributed by atoms with Crippen molar-refractivity contribution in [3.05, 3.63) is 91.9 Å². The van der Waals surface area contributed by atoms with Crippen molar-refractivity contribution in [1.29, 1.82) is 0 Å². The Morgan fingerprint density at radius 1 is 1.10 bits per heavy atom. The van der Waals surface area contributed by atoms with Crippen molar-refractivity contribution in [2.75, 3.05) is 7.11 Å². The Bertz CT molecular complexity index is 1110. The van der Waals surface area contributed by atoms with Crippen LogP contribution in [0, 0.1) is 13.8 Å². The molecule has 0 aromatic heterocycles. The van der Waals surface area contributed by atoms with Crippen LogP contribution in [0.15, 0.2) is 64.2 Å². The second-order valence-corrected chi connectivity index (χ2v) is 8.25. The lowest BCUT2D eigenvalue weighted by Crippen LogP contribution is -2.18. The van der Waals surface area contributed by atoms with Gasteiger partial charge < -0.3 is 9.47 Å². The lowest BCUT2D eigenvalue weighted by atomic mass is 10.1. The third-order valence-electron chi connectivity index (χ3n) is 4.50. The molecule has 0 aliphatic heterocycles. The highest BCUT2D eigenvalue weighted by Gasteiger charge is 2.12. The summed E-state index contributed by atoms with van der Waals surface area (Å²) < 4.78 is 12.2. The molecule has 0 aliphatic carbocycles. The molecule has 0 spiro atoms. The van der Waals surface area contributed by atoms with Crippen LogP contribution in [0.5, 0.6) is 11.5 Å². The van der Waals surface area contributed by atoms with Gasteiger partial charge in [0.05, 0.1) is 28.4 Å². The lowest BCUT2D eigenvalue weighted by Gasteiger charge is -2.13. The second-order valence-electron chi connectivity index (χ2n) is 6.99. The maximum atomic E-state index is 12.3. The summed E-state index contributed by atoms with van der Waals surface area (Å²) in [4.78, 5) is 12.3. The standard InChI is InChI=1S/C24H22BrClN2O3/c1-15-4-7-17(8-5-15)14-31-23-20(25)11-18(12-22(23)30-3)13-27-28-24(29)19-9-6-16(2)10-21(19)26/h4-13H,14H2,1-3H3,(H,28,29)/b27-13-. The summed E-state index contributed by atoms with van der Waals surface area (Å²) in [6.45, 7) is 4.36. The van der Waals surface area contributed by atoms with Crippen LogP contribution in [0.4, 0.5) is 0 Å². The third-order valence-corrected chi connectivity index (χ3v) is 5.41. The van der Waals surface area contributed by atoms with E-state index >= 15 is 0 Å². The van der Waals surface area contributed by atoms with Gasteiger partial charge in [-0.05, 0) is 70.7 Å². The molecule has 0 radical (unpaired) electrons. The van der Waals surface area contributed by atoms with Gasteiger partial charge >= 0.3 is 0 Å². The Balaban J connectivity index is 1.69. The fourth-order valence-corrected chi connectivity index (χ4v) is 3.72.